The van der Waals surface area contributed by atoms with Gasteiger partial charge in [0.15, 0.2) is 0 Å². The minimum absolute atomic E-state index is 0.00639. The summed E-state index contributed by atoms with van der Waals surface area (Å²) in [7, 11) is 0. The molecular weight excluding hydrogens is 344 g/mol. The summed E-state index contributed by atoms with van der Waals surface area (Å²) >= 11 is 0. The molecule has 8 nitrogen and oxygen atoms in total. The molecule has 2 aromatic rings. The van der Waals surface area contributed by atoms with Crippen LogP contribution in [0.2, 0.25) is 0 Å². The fourth-order valence-corrected chi connectivity index (χ4v) is 3.42. The van der Waals surface area contributed by atoms with Crippen LogP contribution in [0.3, 0.4) is 0 Å². The van der Waals surface area contributed by atoms with E-state index in [1.54, 1.807) is 17.1 Å². The molecule has 2 N–H and O–H groups in total. The SMILES string of the molecule is CCNC(=O)C1CC(NC(=O)Cn2nccc2C)CN1Cc1ccccn1. The molecule has 1 fully saturated rings. The van der Waals surface area contributed by atoms with Crippen molar-refractivity contribution in [3.8, 4) is 0 Å². The lowest BCUT2D eigenvalue weighted by Gasteiger charge is -2.22. The molecule has 3 rings (SSSR count). The molecule has 2 unspecified atom stereocenters. The molecule has 0 aromatic carbocycles. The van der Waals surface area contributed by atoms with Crippen LogP contribution in [0, 0.1) is 6.92 Å². The molecule has 27 heavy (non-hydrogen) atoms. The number of carbonyl (C=O) groups excluding carboxylic acids is 2. The van der Waals surface area contributed by atoms with Crippen molar-refractivity contribution in [2.45, 2.75) is 45.4 Å². The summed E-state index contributed by atoms with van der Waals surface area (Å²) in [6.45, 7) is 5.77. The van der Waals surface area contributed by atoms with Gasteiger partial charge in [-0.3, -0.25) is 24.2 Å². The van der Waals surface area contributed by atoms with Crippen LogP contribution in [0.1, 0.15) is 24.7 Å². The maximum absolute atomic E-state index is 12.5. The number of carbonyl (C=O) groups is 2. The summed E-state index contributed by atoms with van der Waals surface area (Å²) < 4.78 is 1.66. The van der Waals surface area contributed by atoms with Gasteiger partial charge in [0.25, 0.3) is 0 Å². The first-order valence-corrected chi connectivity index (χ1v) is 9.26. The van der Waals surface area contributed by atoms with Crippen molar-refractivity contribution in [1.82, 2.24) is 30.3 Å². The zero-order valence-electron chi connectivity index (χ0n) is 15.8. The summed E-state index contributed by atoms with van der Waals surface area (Å²) in [5.41, 5.74) is 1.85. The lowest BCUT2D eigenvalue weighted by molar-refractivity contribution is -0.126. The zero-order valence-corrected chi connectivity index (χ0v) is 15.8. The molecule has 8 heteroatoms. The molecular formula is C19H26N6O2. The molecule has 3 heterocycles. The smallest absolute Gasteiger partial charge is 0.242 e. The van der Waals surface area contributed by atoms with E-state index < -0.39 is 0 Å². The second-order valence-electron chi connectivity index (χ2n) is 6.79. The molecule has 0 radical (unpaired) electrons. The van der Waals surface area contributed by atoms with Gasteiger partial charge in [-0.1, -0.05) is 6.07 Å². The van der Waals surface area contributed by atoms with E-state index in [4.69, 9.17) is 0 Å². The highest BCUT2D eigenvalue weighted by atomic mass is 16.2. The van der Waals surface area contributed by atoms with E-state index in [-0.39, 0.29) is 30.4 Å². The van der Waals surface area contributed by atoms with E-state index >= 15 is 0 Å². The standard InChI is InChI=1S/C19H26N6O2/c1-3-20-19(27)17-10-16(12-24(17)11-15-6-4-5-8-21-15)23-18(26)13-25-14(2)7-9-22-25/h4-9,16-17H,3,10-13H2,1-2H3,(H,20,27)(H,23,26). The first-order valence-electron chi connectivity index (χ1n) is 9.26. The molecule has 1 saturated heterocycles. The van der Waals surface area contributed by atoms with Crippen LogP contribution >= 0.6 is 0 Å². The van der Waals surface area contributed by atoms with Crippen molar-refractivity contribution in [3.05, 3.63) is 48.0 Å². The van der Waals surface area contributed by atoms with Gasteiger partial charge in [-0.25, -0.2) is 0 Å². The van der Waals surface area contributed by atoms with Gasteiger partial charge in [-0.05, 0) is 38.5 Å². The number of aryl methyl sites for hydroxylation is 1. The molecule has 0 aliphatic carbocycles. The largest absolute Gasteiger partial charge is 0.355 e. The number of amides is 2. The maximum Gasteiger partial charge on any atom is 0.242 e. The van der Waals surface area contributed by atoms with Crippen LogP contribution in [0.15, 0.2) is 36.7 Å². The average Bonchev–Trinajstić information content (AvgIpc) is 3.22. The average molecular weight is 370 g/mol. The van der Waals surface area contributed by atoms with Gasteiger partial charge in [-0.2, -0.15) is 5.10 Å². The molecule has 2 aromatic heterocycles. The van der Waals surface area contributed by atoms with Gasteiger partial charge in [0.2, 0.25) is 11.8 Å². The number of aromatic nitrogens is 3. The Labute approximate surface area is 159 Å². The van der Waals surface area contributed by atoms with Gasteiger partial charge >= 0.3 is 0 Å². The Bertz CT molecular complexity index is 776. The normalized spacial score (nSPS) is 19.8. The van der Waals surface area contributed by atoms with Gasteiger partial charge < -0.3 is 10.6 Å². The highest BCUT2D eigenvalue weighted by Gasteiger charge is 2.37. The van der Waals surface area contributed by atoms with E-state index in [2.05, 4.69) is 25.6 Å². The van der Waals surface area contributed by atoms with Crippen molar-refractivity contribution >= 4 is 11.8 Å². The third-order valence-corrected chi connectivity index (χ3v) is 4.74. The fraction of sp³-hybridized carbons (Fsp3) is 0.474. The number of rotatable bonds is 7. The zero-order chi connectivity index (χ0) is 19.2. The molecule has 2 amide bonds. The summed E-state index contributed by atoms with van der Waals surface area (Å²) in [5.74, 6) is -0.103. The van der Waals surface area contributed by atoms with Crippen molar-refractivity contribution in [1.29, 1.82) is 0 Å². The maximum atomic E-state index is 12.5. The second kappa shape index (κ2) is 8.77. The van der Waals surface area contributed by atoms with Gasteiger partial charge in [-0.15, -0.1) is 0 Å². The third kappa shape index (κ3) is 4.91. The Morgan fingerprint density at radius 3 is 2.78 bits per heavy atom. The van der Waals surface area contributed by atoms with Crippen LogP contribution in [-0.2, 0) is 22.7 Å². The molecule has 1 aliphatic heterocycles. The lowest BCUT2D eigenvalue weighted by Crippen LogP contribution is -2.42. The molecule has 0 spiro atoms. The predicted octanol–water partition coefficient (Wildman–Crippen LogP) is 0.482. The fourth-order valence-electron chi connectivity index (χ4n) is 3.42. The van der Waals surface area contributed by atoms with Crippen LogP contribution in [0.5, 0.6) is 0 Å². The summed E-state index contributed by atoms with van der Waals surface area (Å²) in [4.78, 5) is 31.3. The van der Waals surface area contributed by atoms with Crippen LogP contribution in [0.25, 0.3) is 0 Å². The quantitative estimate of drug-likeness (QED) is 0.740. The number of likely N-dealkylation sites (tertiary alicyclic amines) is 1. The highest BCUT2D eigenvalue weighted by molar-refractivity contribution is 5.82. The summed E-state index contributed by atoms with van der Waals surface area (Å²) in [6, 6.07) is 7.26. The first-order chi connectivity index (χ1) is 13.1. The molecule has 0 saturated carbocycles. The van der Waals surface area contributed by atoms with Gasteiger partial charge in [0, 0.05) is 43.8 Å². The summed E-state index contributed by atoms with van der Waals surface area (Å²) in [5, 5.41) is 10.1. The number of likely N-dealkylation sites (N-methyl/N-ethyl adjacent to an activating group) is 1. The Kier molecular flexibility index (Phi) is 6.18. The van der Waals surface area contributed by atoms with E-state index in [0.717, 1.165) is 11.4 Å². The number of nitrogens with zero attached hydrogens (tertiary/aromatic N) is 4. The topological polar surface area (TPSA) is 92.2 Å². The Morgan fingerprint density at radius 2 is 2.11 bits per heavy atom. The minimum Gasteiger partial charge on any atom is -0.355 e. The molecule has 1 aliphatic rings. The molecule has 2 atom stereocenters. The number of hydrogen-bond donors (Lipinski definition) is 2. The van der Waals surface area contributed by atoms with E-state index in [1.807, 2.05) is 38.1 Å². The van der Waals surface area contributed by atoms with Crippen LogP contribution in [-0.4, -0.2) is 56.7 Å². The second-order valence-corrected chi connectivity index (χ2v) is 6.79. The van der Waals surface area contributed by atoms with Crippen molar-refractivity contribution in [3.63, 3.8) is 0 Å². The van der Waals surface area contributed by atoms with E-state index in [9.17, 15) is 9.59 Å². The van der Waals surface area contributed by atoms with E-state index in [1.165, 1.54) is 0 Å². The number of hydrogen-bond acceptors (Lipinski definition) is 5. The van der Waals surface area contributed by atoms with Crippen molar-refractivity contribution < 1.29 is 9.59 Å². The van der Waals surface area contributed by atoms with Crippen LogP contribution in [0.4, 0.5) is 0 Å². The Hall–Kier alpha value is -2.74. The van der Waals surface area contributed by atoms with Gasteiger partial charge in [0.1, 0.15) is 6.54 Å². The third-order valence-electron chi connectivity index (χ3n) is 4.74. The van der Waals surface area contributed by atoms with Gasteiger partial charge in [0.05, 0.1) is 11.7 Å². The number of nitrogens with one attached hydrogen (secondary N) is 2. The van der Waals surface area contributed by atoms with Crippen molar-refractivity contribution in [2.24, 2.45) is 0 Å². The van der Waals surface area contributed by atoms with Crippen molar-refractivity contribution in [2.75, 3.05) is 13.1 Å². The highest BCUT2D eigenvalue weighted by Crippen LogP contribution is 2.20. The summed E-state index contributed by atoms with van der Waals surface area (Å²) in [6.07, 6.45) is 4.01. The lowest BCUT2D eigenvalue weighted by atomic mass is 10.1. The number of pyridine rings is 1. The molecule has 0 bridgehead atoms. The Morgan fingerprint density at radius 1 is 1.26 bits per heavy atom. The van der Waals surface area contributed by atoms with E-state index in [0.29, 0.717) is 26.1 Å². The first kappa shape index (κ1) is 19.0. The van der Waals surface area contributed by atoms with Crippen LogP contribution < -0.4 is 10.6 Å². The minimum atomic E-state index is -0.274. The molecule has 144 valence electrons. The monoisotopic (exact) mass is 370 g/mol. The predicted molar refractivity (Wildman–Crippen MR) is 101 cm³/mol. The Balaban J connectivity index is 1.63.